The topological polar surface area (TPSA) is 36.7 Å². The highest BCUT2D eigenvalue weighted by Gasteiger charge is 2.21. The number of hydrogen-bond acceptors (Lipinski definition) is 3. The molecule has 0 unspecified atom stereocenters. The van der Waals surface area contributed by atoms with Crippen LogP contribution in [0.25, 0.3) is 0 Å². The van der Waals surface area contributed by atoms with Crippen LogP contribution in [0.4, 0.5) is 0 Å². The van der Waals surface area contributed by atoms with Gasteiger partial charge in [0, 0.05) is 5.92 Å². The van der Waals surface area contributed by atoms with Gasteiger partial charge >= 0.3 is 0 Å². The zero-order chi connectivity index (χ0) is 9.97. The van der Waals surface area contributed by atoms with E-state index in [4.69, 9.17) is 5.26 Å². The first kappa shape index (κ1) is 10.1. The van der Waals surface area contributed by atoms with Crippen molar-refractivity contribution in [1.29, 1.82) is 5.26 Å². The van der Waals surface area contributed by atoms with Crippen molar-refractivity contribution in [2.24, 2.45) is 0 Å². The number of aromatic nitrogens is 1. The number of halogens is 1. The van der Waals surface area contributed by atoms with Crippen LogP contribution in [0.2, 0.25) is 0 Å². The summed E-state index contributed by atoms with van der Waals surface area (Å²) in [7, 11) is 0. The van der Waals surface area contributed by atoms with Crippen molar-refractivity contribution in [1.82, 2.24) is 4.98 Å². The zero-order valence-corrected chi connectivity index (χ0v) is 10.2. The van der Waals surface area contributed by atoms with Gasteiger partial charge in [-0.05, 0) is 28.8 Å². The number of nitrogens with zero attached hydrogens (tertiary/aromatic N) is 2. The molecule has 1 heterocycles. The van der Waals surface area contributed by atoms with E-state index in [1.165, 1.54) is 30.7 Å². The minimum atomic E-state index is 0.477. The van der Waals surface area contributed by atoms with Gasteiger partial charge in [0.2, 0.25) is 0 Å². The van der Waals surface area contributed by atoms with E-state index in [2.05, 4.69) is 27.0 Å². The molecule has 1 fully saturated rings. The fraction of sp³-hybridized carbons (Fsp3) is 0.600. The maximum Gasteiger partial charge on any atom is 0.121 e. The van der Waals surface area contributed by atoms with Crippen molar-refractivity contribution >= 4 is 27.3 Å². The highest BCUT2D eigenvalue weighted by Crippen LogP contribution is 2.38. The van der Waals surface area contributed by atoms with Gasteiger partial charge in [0.05, 0.1) is 22.4 Å². The summed E-state index contributed by atoms with van der Waals surface area (Å²) in [5.41, 5.74) is 0. The first-order valence-electron chi connectivity index (χ1n) is 4.83. The van der Waals surface area contributed by atoms with Crippen LogP contribution in [0.15, 0.2) is 4.60 Å². The van der Waals surface area contributed by atoms with Gasteiger partial charge in [0.25, 0.3) is 0 Å². The molecule has 0 aromatic carbocycles. The van der Waals surface area contributed by atoms with Crippen LogP contribution in [-0.2, 0) is 6.42 Å². The second-order valence-corrected chi connectivity index (χ2v) is 5.45. The molecular weight excluding hydrogens is 260 g/mol. The Labute approximate surface area is 96.1 Å². The number of thiazole rings is 1. The average Bonchev–Trinajstić information content (AvgIpc) is 2.76. The van der Waals surface area contributed by atoms with Crippen molar-refractivity contribution in [2.45, 2.75) is 38.0 Å². The summed E-state index contributed by atoms with van der Waals surface area (Å²) in [5, 5.41) is 9.85. The molecule has 0 N–H and O–H groups in total. The third kappa shape index (κ3) is 1.99. The molecule has 2 nitrogen and oxygen atoms in total. The van der Waals surface area contributed by atoms with Crippen LogP contribution >= 0.6 is 27.3 Å². The average molecular weight is 271 g/mol. The molecule has 1 saturated carbocycles. The molecule has 0 amide bonds. The van der Waals surface area contributed by atoms with Crippen molar-refractivity contribution in [2.75, 3.05) is 0 Å². The van der Waals surface area contributed by atoms with E-state index in [1.807, 2.05) is 0 Å². The molecule has 1 aromatic rings. The monoisotopic (exact) mass is 270 g/mol. The van der Waals surface area contributed by atoms with Crippen LogP contribution in [0.5, 0.6) is 0 Å². The van der Waals surface area contributed by atoms with Gasteiger partial charge in [-0.2, -0.15) is 5.26 Å². The summed E-state index contributed by atoms with van der Waals surface area (Å²) in [5.74, 6) is 0.656. The molecule has 74 valence electrons. The smallest absolute Gasteiger partial charge is 0.121 e. The fourth-order valence-corrected chi connectivity index (χ4v) is 3.63. The SMILES string of the molecule is N#CCc1sc(C2CCCC2)nc1Br. The van der Waals surface area contributed by atoms with Crippen LogP contribution in [-0.4, -0.2) is 4.98 Å². The lowest BCUT2D eigenvalue weighted by molar-refractivity contribution is 0.715. The van der Waals surface area contributed by atoms with Gasteiger partial charge in [-0.25, -0.2) is 4.98 Å². The number of nitriles is 1. The van der Waals surface area contributed by atoms with Crippen molar-refractivity contribution in [3.8, 4) is 6.07 Å². The lowest BCUT2D eigenvalue weighted by Gasteiger charge is -2.01. The standard InChI is InChI=1S/C10H11BrN2S/c11-9-8(5-6-12)14-10(13-9)7-3-1-2-4-7/h7H,1-5H2. The second-order valence-electron chi connectivity index (χ2n) is 3.58. The molecule has 4 heteroatoms. The highest BCUT2D eigenvalue weighted by molar-refractivity contribution is 9.10. The molecule has 0 radical (unpaired) electrons. The second kappa shape index (κ2) is 4.41. The van der Waals surface area contributed by atoms with Gasteiger partial charge in [-0.1, -0.05) is 12.8 Å². The summed E-state index contributed by atoms with van der Waals surface area (Å²) in [6, 6.07) is 2.17. The Morgan fingerprint density at radius 2 is 2.21 bits per heavy atom. The maximum absolute atomic E-state index is 8.63. The van der Waals surface area contributed by atoms with E-state index in [1.54, 1.807) is 11.3 Å². The van der Waals surface area contributed by atoms with Crippen molar-refractivity contribution < 1.29 is 0 Å². The lowest BCUT2D eigenvalue weighted by atomic mass is 10.1. The van der Waals surface area contributed by atoms with Crippen LogP contribution in [0.3, 0.4) is 0 Å². The summed E-state index contributed by atoms with van der Waals surface area (Å²) >= 11 is 5.11. The molecule has 0 saturated heterocycles. The van der Waals surface area contributed by atoms with Crippen LogP contribution in [0.1, 0.15) is 41.5 Å². The number of rotatable bonds is 2. The predicted octanol–water partition coefficient (Wildman–Crippen LogP) is 3.63. The number of hydrogen-bond donors (Lipinski definition) is 0. The zero-order valence-electron chi connectivity index (χ0n) is 7.79. The molecule has 0 aliphatic heterocycles. The first-order chi connectivity index (χ1) is 6.81. The Hall–Kier alpha value is -0.400. The molecule has 0 spiro atoms. The van der Waals surface area contributed by atoms with Crippen molar-refractivity contribution in [3.63, 3.8) is 0 Å². The molecule has 1 aromatic heterocycles. The highest BCUT2D eigenvalue weighted by atomic mass is 79.9. The van der Waals surface area contributed by atoms with E-state index < -0.39 is 0 Å². The normalized spacial score (nSPS) is 17.1. The Morgan fingerprint density at radius 3 is 2.86 bits per heavy atom. The molecular formula is C10H11BrN2S. The van der Waals surface area contributed by atoms with E-state index in [-0.39, 0.29) is 0 Å². The van der Waals surface area contributed by atoms with E-state index >= 15 is 0 Å². The van der Waals surface area contributed by atoms with Gasteiger partial charge < -0.3 is 0 Å². The minimum absolute atomic E-state index is 0.477. The minimum Gasteiger partial charge on any atom is -0.234 e. The lowest BCUT2D eigenvalue weighted by Crippen LogP contribution is -1.89. The van der Waals surface area contributed by atoms with Gasteiger partial charge in [0.1, 0.15) is 4.60 Å². The van der Waals surface area contributed by atoms with E-state index in [0.717, 1.165) is 9.48 Å². The van der Waals surface area contributed by atoms with Gasteiger partial charge in [-0.15, -0.1) is 11.3 Å². The molecule has 1 aliphatic rings. The van der Waals surface area contributed by atoms with Gasteiger partial charge in [0.15, 0.2) is 0 Å². The first-order valence-corrected chi connectivity index (χ1v) is 6.44. The Kier molecular flexibility index (Phi) is 3.19. The van der Waals surface area contributed by atoms with Crippen LogP contribution in [0, 0.1) is 11.3 Å². The van der Waals surface area contributed by atoms with Gasteiger partial charge in [-0.3, -0.25) is 0 Å². The quantitative estimate of drug-likeness (QED) is 0.823. The molecule has 2 rings (SSSR count). The molecule has 0 atom stereocenters. The molecule has 14 heavy (non-hydrogen) atoms. The van der Waals surface area contributed by atoms with E-state index in [9.17, 15) is 0 Å². The Bertz CT molecular complexity index is 361. The Morgan fingerprint density at radius 1 is 1.50 bits per heavy atom. The van der Waals surface area contributed by atoms with Crippen LogP contribution < -0.4 is 0 Å². The summed E-state index contributed by atoms with van der Waals surface area (Å²) in [6.45, 7) is 0. The third-order valence-electron chi connectivity index (χ3n) is 2.61. The predicted molar refractivity (Wildman–Crippen MR) is 60.3 cm³/mol. The summed E-state index contributed by atoms with van der Waals surface area (Å²) in [4.78, 5) is 5.57. The fourth-order valence-electron chi connectivity index (χ4n) is 1.88. The summed E-state index contributed by atoms with van der Waals surface area (Å²) < 4.78 is 0.881. The molecule has 1 aliphatic carbocycles. The Balaban J connectivity index is 2.19. The third-order valence-corrected chi connectivity index (χ3v) is 4.75. The molecule has 0 bridgehead atoms. The largest absolute Gasteiger partial charge is 0.234 e. The van der Waals surface area contributed by atoms with E-state index in [0.29, 0.717) is 12.3 Å². The maximum atomic E-state index is 8.63. The van der Waals surface area contributed by atoms with Crippen molar-refractivity contribution in [3.05, 3.63) is 14.5 Å². The summed E-state index contributed by atoms with van der Waals surface area (Å²) in [6.07, 6.45) is 5.67.